The van der Waals surface area contributed by atoms with E-state index < -0.39 is 11.8 Å². The van der Waals surface area contributed by atoms with E-state index in [1.165, 1.54) is 0 Å². The van der Waals surface area contributed by atoms with E-state index in [-0.39, 0.29) is 12.3 Å². The summed E-state index contributed by atoms with van der Waals surface area (Å²) in [5, 5.41) is 0. The number of amides is 2. The fraction of sp³-hybridized carbons (Fsp3) is 0.136. The smallest absolute Gasteiger partial charge is 0.261 e. The molecule has 0 fully saturated rings. The summed E-state index contributed by atoms with van der Waals surface area (Å²) in [5.74, 6) is -1.08. The molecule has 27 heavy (non-hydrogen) atoms. The van der Waals surface area contributed by atoms with Crippen molar-refractivity contribution in [3.05, 3.63) is 88.7 Å². The third-order valence-electron chi connectivity index (χ3n) is 4.93. The predicted molar refractivity (Wildman–Crippen MR) is 101 cm³/mol. The zero-order chi connectivity index (χ0) is 19.1. The number of hydrogen-bond acceptors (Lipinski definition) is 3. The van der Waals surface area contributed by atoms with Crippen molar-refractivity contribution in [2.45, 2.75) is 13.8 Å². The highest BCUT2D eigenvalue weighted by atomic mass is 16.2. The van der Waals surface area contributed by atoms with Gasteiger partial charge in [0, 0.05) is 22.6 Å². The Morgan fingerprint density at radius 2 is 1.41 bits per heavy atom. The van der Waals surface area contributed by atoms with Gasteiger partial charge in [0.15, 0.2) is 5.78 Å². The Hall–Kier alpha value is -3.47. The number of ketones is 1. The highest BCUT2D eigenvalue weighted by Crippen LogP contribution is 2.25. The average Bonchev–Trinajstić information content (AvgIpc) is 3.11. The molecular formula is C22H18N2O3. The van der Waals surface area contributed by atoms with Crippen LogP contribution in [0.2, 0.25) is 0 Å². The number of carbonyl (C=O) groups excluding carboxylic acids is 3. The van der Waals surface area contributed by atoms with E-state index in [0.717, 1.165) is 22.0 Å². The van der Waals surface area contributed by atoms with Crippen LogP contribution in [0, 0.1) is 13.8 Å². The van der Waals surface area contributed by atoms with Crippen LogP contribution in [-0.4, -0.2) is 33.6 Å². The van der Waals surface area contributed by atoms with Crippen molar-refractivity contribution in [3.63, 3.8) is 0 Å². The lowest BCUT2D eigenvalue weighted by atomic mass is 10.1. The molecule has 5 heteroatoms. The minimum absolute atomic E-state index is 0.250. The first kappa shape index (κ1) is 17.0. The van der Waals surface area contributed by atoms with Gasteiger partial charge in [0.2, 0.25) is 0 Å². The lowest BCUT2D eigenvalue weighted by Gasteiger charge is -2.13. The molecule has 0 aliphatic carbocycles. The number of imide groups is 1. The number of para-hydroxylation sites is 1. The number of fused-ring (bicyclic) bond motifs is 1. The number of hydrogen-bond donors (Lipinski definition) is 0. The van der Waals surface area contributed by atoms with Crippen molar-refractivity contribution in [2.24, 2.45) is 0 Å². The summed E-state index contributed by atoms with van der Waals surface area (Å²) >= 11 is 0. The molecule has 2 aromatic carbocycles. The molecule has 0 N–H and O–H groups in total. The van der Waals surface area contributed by atoms with Gasteiger partial charge < -0.3 is 4.57 Å². The van der Waals surface area contributed by atoms with Crippen LogP contribution < -0.4 is 0 Å². The molecule has 0 bridgehead atoms. The fourth-order valence-corrected chi connectivity index (χ4v) is 3.63. The predicted octanol–water partition coefficient (Wildman–Crippen LogP) is 3.57. The summed E-state index contributed by atoms with van der Waals surface area (Å²) in [6, 6.07) is 18.2. The van der Waals surface area contributed by atoms with E-state index in [1.807, 2.05) is 54.8 Å². The second kappa shape index (κ2) is 6.36. The second-order valence-electron chi connectivity index (χ2n) is 6.62. The van der Waals surface area contributed by atoms with E-state index in [2.05, 4.69) is 0 Å². The van der Waals surface area contributed by atoms with Crippen LogP contribution in [0.5, 0.6) is 0 Å². The van der Waals surface area contributed by atoms with Crippen molar-refractivity contribution >= 4 is 17.6 Å². The van der Waals surface area contributed by atoms with Gasteiger partial charge in [-0.2, -0.15) is 0 Å². The van der Waals surface area contributed by atoms with Crippen LogP contribution in [0.3, 0.4) is 0 Å². The average molecular weight is 358 g/mol. The number of rotatable bonds is 4. The van der Waals surface area contributed by atoms with Crippen LogP contribution in [0.15, 0.2) is 60.7 Å². The molecule has 1 aliphatic heterocycles. The zero-order valence-electron chi connectivity index (χ0n) is 15.1. The lowest BCUT2D eigenvalue weighted by molar-refractivity contribution is 0.0624. The van der Waals surface area contributed by atoms with Crippen LogP contribution in [-0.2, 0) is 0 Å². The van der Waals surface area contributed by atoms with E-state index in [4.69, 9.17) is 0 Å². The third kappa shape index (κ3) is 2.68. The van der Waals surface area contributed by atoms with Crippen molar-refractivity contribution in [1.82, 2.24) is 9.47 Å². The van der Waals surface area contributed by atoms with E-state index >= 15 is 0 Å². The van der Waals surface area contributed by atoms with Gasteiger partial charge in [0.25, 0.3) is 11.8 Å². The number of Topliss-reactive ketones (excluding diaryl/α,β-unsaturated/α-hetero) is 1. The largest absolute Gasteiger partial charge is 0.318 e. The molecule has 1 aliphatic rings. The Balaban J connectivity index is 1.64. The summed E-state index contributed by atoms with van der Waals surface area (Å²) in [6.45, 7) is 3.54. The van der Waals surface area contributed by atoms with Crippen molar-refractivity contribution in [3.8, 4) is 5.69 Å². The summed E-state index contributed by atoms with van der Waals surface area (Å²) in [5.41, 5.74) is 3.90. The van der Waals surface area contributed by atoms with Crippen LogP contribution in [0.4, 0.5) is 0 Å². The molecular weight excluding hydrogens is 340 g/mol. The first-order valence-electron chi connectivity index (χ1n) is 8.72. The Labute approximate surface area is 156 Å². The highest BCUT2D eigenvalue weighted by molar-refractivity contribution is 6.23. The molecule has 3 aromatic rings. The maximum Gasteiger partial charge on any atom is 0.261 e. The second-order valence-corrected chi connectivity index (χ2v) is 6.62. The van der Waals surface area contributed by atoms with Gasteiger partial charge in [-0.25, -0.2) is 0 Å². The molecule has 5 nitrogen and oxygen atoms in total. The number of aryl methyl sites for hydroxylation is 1. The first-order chi connectivity index (χ1) is 13.0. The van der Waals surface area contributed by atoms with Crippen LogP contribution in [0.1, 0.15) is 42.5 Å². The van der Waals surface area contributed by atoms with Gasteiger partial charge in [-0.05, 0) is 44.2 Å². The Kier molecular flexibility index (Phi) is 4.00. The van der Waals surface area contributed by atoms with Gasteiger partial charge in [0.1, 0.15) is 0 Å². The fourth-order valence-electron chi connectivity index (χ4n) is 3.63. The van der Waals surface area contributed by atoms with Crippen molar-refractivity contribution in [2.75, 3.05) is 6.54 Å². The van der Waals surface area contributed by atoms with Crippen LogP contribution >= 0.6 is 0 Å². The molecule has 0 saturated heterocycles. The maximum absolute atomic E-state index is 12.9. The number of aromatic nitrogens is 1. The SMILES string of the molecule is Cc1cc(C(=O)CN2C(=O)c3ccccc3C2=O)c(C)n1-c1ccccc1. The minimum Gasteiger partial charge on any atom is -0.318 e. The molecule has 134 valence electrons. The molecule has 2 heterocycles. The van der Waals surface area contributed by atoms with Gasteiger partial charge in [0.05, 0.1) is 17.7 Å². The Bertz CT molecular complexity index is 1050. The summed E-state index contributed by atoms with van der Waals surface area (Å²) in [7, 11) is 0. The molecule has 0 saturated carbocycles. The quantitative estimate of drug-likeness (QED) is 0.529. The van der Waals surface area contributed by atoms with Gasteiger partial charge in [-0.15, -0.1) is 0 Å². The standard InChI is InChI=1S/C22H18N2O3/c1-14-12-19(15(2)24(14)16-8-4-3-5-9-16)20(25)13-23-21(26)17-10-6-7-11-18(17)22(23)27/h3-12H,13H2,1-2H3. The van der Waals surface area contributed by atoms with Crippen LogP contribution in [0.25, 0.3) is 5.69 Å². The topological polar surface area (TPSA) is 59.4 Å². The molecule has 0 atom stereocenters. The van der Waals surface area contributed by atoms with E-state index in [9.17, 15) is 14.4 Å². The molecule has 4 rings (SSSR count). The minimum atomic E-state index is -0.416. The molecule has 0 spiro atoms. The summed E-state index contributed by atoms with van der Waals surface area (Å²) < 4.78 is 2.00. The lowest BCUT2D eigenvalue weighted by Crippen LogP contribution is -2.35. The normalized spacial score (nSPS) is 13.2. The van der Waals surface area contributed by atoms with Gasteiger partial charge in [-0.1, -0.05) is 30.3 Å². The van der Waals surface area contributed by atoms with Gasteiger partial charge >= 0.3 is 0 Å². The van der Waals surface area contributed by atoms with E-state index in [1.54, 1.807) is 24.3 Å². The molecule has 1 aromatic heterocycles. The van der Waals surface area contributed by atoms with Crippen molar-refractivity contribution in [1.29, 1.82) is 0 Å². The maximum atomic E-state index is 12.9. The number of carbonyl (C=O) groups is 3. The number of nitrogens with zero attached hydrogens (tertiary/aromatic N) is 2. The highest BCUT2D eigenvalue weighted by Gasteiger charge is 2.36. The molecule has 0 unspecified atom stereocenters. The monoisotopic (exact) mass is 358 g/mol. The summed E-state index contributed by atoms with van der Waals surface area (Å²) in [6.07, 6.45) is 0. The van der Waals surface area contributed by atoms with Crippen molar-refractivity contribution < 1.29 is 14.4 Å². The third-order valence-corrected chi connectivity index (χ3v) is 4.93. The van der Waals surface area contributed by atoms with Gasteiger partial charge in [-0.3, -0.25) is 19.3 Å². The first-order valence-corrected chi connectivity index (χ1v) is 8.72. The molecule has 2 amide bonds. The van der Waals surface area contributed by atoms with E-state index in [0.29, 0.717) is 16.7 Å². The molecule has 0 radical (unpaired) electrons. The Morgan fingerprint density at radius 1 is 0.852 bits per heavy atom. The number of benzene rings is 2. The zero-order valence-corrected chi connectivity index (χ0v) is 15.1. The Morgan fingerprint density at radius 3 is 2.00 bits per heavy atom. The summed E-state index contributed by atoms with van der Waals surface area (Å²) in [4.78, 5) is 38.9.